The molecule has 0 saturated heterocycles. The van der Waals surface area contributed by atoms with Gasteiger partial charge < -0.3 is 14.7 Å². The number of carbonyl (C=O) groups excluding carboxylic acids is 1. The molecule has 0 unspecified atom stereocenters. The van der Waals surface area contributed by atoms with Crippen molar-refractivity contribution in [1.29, 1.82) is 0 Å². The van der Waals surface area contributed by atoms with Crippen LogP contribution in [-0.2, 0) is 6.18 Å². The molecule has 1 aromatic carbocycles. The number of halogens is 3. The van der Waals surface area contributed by atoms with Crippen LogP contribution in [0.25, 0.3) is 0 Å². The first kappa shape index (κ1) is 13.1. The molecule has 4 nitrogen and oxygen atoms in total. The first-order chi connectivity index (χ1) is 7.71. The second-order valence-electron chi connectivity index (χ2n) is 3.44. The Morgan fingerprint density at radius 2 is 1.94 bits per heavy atom. The monoisotopic (exact) mass is 249 g/mol. The number of phenolic OH excluding ortho intramolecular Hbond substituents is 1. The zero-order valence-corrected chi connectivity index (χ0v) is 9.08. The van der Waals surface area contributed by atoms with Gasteiger partial charge in [-0.25, -0.2) is 4.79 Å². The van der Waals surface area contributed by atoms with Gasteiger partial charge in [0.1, 0.15) is 0 Å². The van der Waals surface area contributed by atoms with Gasteiger partial charge in [0, 0.05) is 14.1 Å². The third-order valence-electron chi connectivity index (χ3n) is 1.85. The quantitative estimate of drug-likeness (QED) is 0.831. The van der Waals surface area contributed by atoms with E-state index in [-0.39, 0.29) is 0 Å². The fourth-order valence-corrected chi connectivity index (χ4v) is 0.958. The first-order valence-corrected chi connectivity index (χ1v) is 4.51. The Morgan fingerprint density at radius 3 is 2.41 bits per heavy atom. The lowest BCUT2D eigenvalue weighted by molar-refractivity contribution is -0.137. The number of alkyl halides is 3. The van der Waals surface area contributed by atoms with Crippen LogP contribution in [0.5, 0.6) is 11.5 Å². The van der Waals surface area contributed by atoms with Gasteiger partial charge in [0.15, 0.2) is 11.5 Å². The number of carbonyl (C=O) groups is 1. The average Bonchev–Trinajstić information content (AvgIpc) is 2.19. The van der Waals surface area contributed by atoms with Gasteiger partial charge in [0.25, 0.3) is 0 Å². The van der Waals surface area contributed by atoms with Crippen LogP contribution in [0.3, 0.4) is 0 Å². The van der Waals surface area contributed by atoms with Gasteiger partial charge in [-0.1, -0.05) is 0 Å². The summed E-state index contributed by atoms with van der Waals surface area (Å²) in [5, 5.41) is 9.27. The summed E-state index contributed by atoms with van der Waals surface area (Å²) >= 11 is 0. The number of nitrogens with zero attached hydrogens (tertiary/aromatic N) is 1. The molecule has 94 valence electrons. The van der Waals surface area contributed by atoms with E-state index in [4.69, 9.17) is 0 Å². The zero-order chi connectivity index (χ0) is 13.2. The number of benzene rings is 1. The van der Waals surface area contributed by atoms with E-state index < -0.39 is 29.3 Å². The Labute approximate surface area is 95.2 Å². The van der Waals surface area contributed by atoms with E-state index in [1.807, 2.05) is 0 Å². The van der Waals surface area contributed by atoms with E-state index in [1.165, 1.54) is 14.1 Å². The summed E-state index contributed by atoms with van der Waals surface area (Å²) in [7, 11) is 2.74. The Morgan fingerprint density at radius 1 is 1.35 bits per heavy atom. The molecule has 17 heavy (non-hydrogen) atoms. The highest BCUT2D eigenvalue weighted by molar-refractivity contribution is 5.71. The van der Waals surface area contributed by atoms with Crippen molar-refractivity contribution in [3.05, 3.63) is 23.8 Å². The van der Waals surface area contributed by atoms with Crippen molar-refractivity contribution in [2.24, 2.45) is 0 Å². The fraction of sp³-hybridized carbons (Fsp3) is 0.300. The Bertz CT molecular complexity index is 429. The van der Waals surface area contributed by atoms with Crippen molar-refractivity contribution in [2.75, 3.05) is 14.1 Å². The standard InChI is InChI=1S/C10H10F3NO3/c1-14(2)9(16)17-8-5-6(10(11,12)13)3-4-7(8)15/h3-5,15H,1-2H3. The summed E-state index contributed by atoms with van der Waals surface area (Å²) < 4.78 is 41.7. The SMILES string of the molecule is CN(C)C(=O)Oc1cc(C(F)(F)F)ccc1O. The maximum Gasteiger partial charge on any atom is 0.416 e. The second kappa shape index (κ2) is 4.52. The molecule has 0 heterocycles. The van der Waals surface area contributed by atoms with Gasteiger partial charge in [-0.2, -0.15) is 13.2 Å². The summed E-state index contributed by atoms with van der Waals surface area (Å²) in [5.41, 5.74) is -1.00. The molecule has 0 aliphatic rings. The molecule has 0 fully saturated rings. The van der Waals surface area contributed by atoms with E-state index in [9.17, 15) is 23.1 Å². The molecule has 1 aromatic rings. The van der Waals surface area contributed by atoms with Crippen LogP contribution in [-0.4, -0.2) is 30.2 Å². The lowest BCUT2D eigenvalue weighted by Gasteiger charge is -2.13. The average molecular weight is 249 g/mol. The predicted octanol–water partition coefficient (Wildman–Crippen LogP) is 2.47. The Kier molecular flexibility index (Phi) is 3.50. The van der Waals surface area contributed by atoms with Crippen LogP contribution >= 0.6 is 0 Å². The van der Waals surface area contributed by atoms with Crippen LogP contribution in [0.4, 0.5) is 18.0 Å². The topological polar surface area (TPSA) is 49.8 Å². The molecule has 1 amide bonds. The summed E-state index contributed by atoms with van der Waals surface area (Å²) in [6, 6.07) is 2.08. The number of amides is 1. The number of ether oxygens (including phenoxy) is 1. The summed E-state index contributed by atoms with van der Waals surface area (Å²) in [4.78, 5) is 12.2. The predicted molar refractivity (Wildman–Crippen MR) is 52.8 cm³/mol. The normalized spacial score (nSPS) is 11.1. The van der Waals surface area contributed by atoms with E-state index in [2.05, 4.69) is 4.74 Å². The highest BCUT2D eigenvalue weighted by Gasteiger charge is 2.31. The largest absolute Gasteiger partial charge is 0.504 e. The molecule has 0 atom stereocenters. The maximum atomic E-state index is 12.4. The second-order valence-corrected chi connectivity index (χ2v) is 3.44. The molecule has 0 saturated carbocycles. The highest BCUT2D eigenvalue weighted by atomic mass is 19.4. The molecule has 1 rings (SSSR count). The molecule has 7 heteroatoms. The van der Waals surface area contributed by atoms with Crippen LogP contribution < -0.4 is 4.74 Å². The first-order valence-electron chi connectivity index (χ1n) is 4.51. The number of aromatic hydroxyl groups is 1. The number of phenols is 1. The van der Waals surface area contributed by atoms with Crippen molar-refractivity contribution in [1.82, 2.24) is 4.90 Å². The van der Waals surface area contributed by atoms with Gasteiger partial charge in [0.05, 0.1) is 5.56 Å². The molecule has 0 bridgehead atoms. The number of hydrogen-bond donors (Lipinski definition) is 1. The molecule has 0 aliphatic carbocycles. The van der Waals surface area contributed by atoms with Crippen LogP contribution in [0.2, 0.25) is 0 Å². The van der Waals surface area contributed by atoms with Crippen LogP contribution in [0.1, 0.15) is 5.56 Å². The van der Waals surface area contributed by atoms with E-state index in [1.54, 1.807) is 0 Å². The minimum Gasteiger partial charge on any atom is -0.504 e. The van der Waals surface area contributed by atoms with Gasteiger partial charge in [-0.05, 0) is 18.2 Å². The third-order valence-corrected chi connectivity index (χ3v) is 1.85. The Hall–Kier alpha value is -1.92. The van der Waals surface area contributed by atoms with Gasteiger partial charge in [-0.15, -0.1) is 0 Å². The minimum absolute atomic E-state index is 0.529. The van der Waals surface area contributed by atoms with Gasteiger partial charge in [-0.3, -0.25) is 0 Å². The summed E-state index contributed by atoms with van der Waals surface area (Å²) in [6.07, 6.45) is -5.44. The van der Waals surface area contributed by atoms with E-state index in [0.29, 0.717) is 12.1 Å². The smallest absolute Gasteiger partial charge is 0.416 e. The van der Waals surface area contributed by atoms with Gasteiger partial charge >= 0.3 is 12.3 Å². The fourth-order valence-electron chi connectivity index (χ4n) is 0.958. The molecule has 0 aliphatic heterocycles. The number of hydrogen-bond acceptors (Lipinski definition) is 3. The van der Waals surface area contributed by atoms with E-state index in [0.717, 1.165) is 11.0 Å². The van der Waals surface area contributed by atoms with Crippen molar-refractivity contribution in [2.45, 2.75) is 6.18 Å². The molecule has 0 aromatic heterocycles. The van der Waals surface area contributed by atoms with E-state index >= 15 is 0 Å². The highest BCUT2D eigenvalue weighted by Crippen LogP contribution is 2.35. The molecule has 0 spiro atoms. The van der Waals surface area contributed by atoms with Crippen LogP contribution in [0.15, 0.2) is 18.2 Å². The summed E-state index contributed by atoms with van der Waals surface area (Å²) in [5.74, 6) is -1.06. The van der Waals surface area contributed by atoms with Crippen molar-refractivity contribution in [3.8, 4) is 11.5 Å². The van der Waals surface area contributed by atoms with Crippen LogP contribution in [0, 0.1) is 0 Å². The zero-order valence-electron chi connectivity index (χ0n) is 9.08. The van der Waals surface area contributed by atoms with Gasteiger partial charge in [0.2, 0.25) is 0 Å². The molecule has 1 N–H and O–H groups in total. The molecular formula is C10H10F3NO3. The van der Waals surface area contributed by atoms with Crippen molar-refractivity contribution >= 4 is 6.09 Å². The Balaban J connectivity index is 3.03. The van der Waals surface area contributed by atoms with Crippen molar-refractivity contribution in [3.63, 3.8) is 0 Å². The number of rotatable bonds is 1. The minimum atomic E-state index is -4.56. The lowest BCUT2D eigenvalue weighted by Crippen LogP contribution is -2.25. The maximum absolute atomic E-state index is 12.4. The molecule has 0 radical (unpaired) electrons. The third kappa shape index (κ3) is 3.27. The molecular weight excluding hydrogens is 239 g/mol. The lowest BCUT2D eigenvalue weighted by atomic mass is 10.2. The summed E-state index contributed by atoms with van der Waals surface area (Å²) in [6.45, 7) is 0. The van der Waals surface area contributed by atoms with Crippen molar-refractivity contribution < 1.29 is 27.8 Å².